The number of rotatable bonds is 3. The fourth-order valence-corrected chi connectivity index (χ4v) is 1.22. The van der Waals surface area contributed by atoms with Crippen LogP contribution in [0.4, 0.5) is 0 Å². The van der Waals surface area contributed by atoms with Gasteiger partial charge in [0.25, 0.3) is 0 Å². The molecule has 4 nitrogen and oxygen atoms in total. The van der Waals surface area contributed by atoms with E-state index in [4.69, 9.17) is 5.26 Å². The van der Waals surface area contributed by atoms with Crippen molar-refractivity contribution in [3.05, 3.63) is 35.4 Å². The monoisotopic (exact) mass is 217 g/mol. The van der Waals surface area contributed by atoms with E-state index in [2.05, 4.69) is 4.74 Å². The van der Waals surface area contributed by atoms with Gasteiger partial charge in [0, 0.05) is 6.08 Å². The van der Waals surface area contributed by atoms with Gasteiger partial charge in [0.15, 0.2) is 0 Å². The van der Waals surface area contributed by atoms with E-state index >= 15 is 0 Å². The van der Waals surface area contributed by atoms with Gasteiger partial charge in [-0.25, -0.2) is 4.79 Å². The van der Waals surface area contributed by atoms with E-state index in [0.717, 1.165) is 0 Å². The summed E-state index contributed by atoms with van der Waals surface area (Å²) in [5.41, 5.74) is 1.38. The van der Waals surface area contributed by atoms with Gasteiger partial charge in [0.2, 0.25) is 0 Å². The molecule has 0 atom stereocenters. The van der Waals surface area contributed by atoms with Crippen molar-refractivity contribution >= 4 is 12.0 Å². The number of methoxy groups -OCH3 is 1. The van der Waals surface area contributed by atoms with Crippen molar-refractivity contribution in [2.45, 2.75) is 6.42 Å². The fourth-order valence-electron chi connectivity index (χ4n) is 1.22. The van der Waals surface area contributed by atoms with Crippen molar-refractivity contribution in [3.8, 4) is 11.8 Å². The van der Waals surface area contributed by atoms with E-state index in [-0.39, 0.29) is 12.2 Å². The van der Waals surface area contributed by atoms with Crippen molar-refractivity contribution in [2.24, 2.45) is 0 Å². The summed E-state index contributed by atoms with van der Waals surface area (Å²) in [5, 5.41) is 17.9. The van der Waals surface area contributed by atoms with Crippen LogP contribution in [0.1, 0.15) is 11.1 Å². The molecule has 1 rings (SSSR count). The largest absolute Gasteiger partial charge is 0.508 e. The van der Waals surface area contributed by atoms with Gasteiger partial charge in [-0.2, -0.15) is 5.26 Å². The molecule has 16 heavy (non-hydrogen) atoms. The zero-order valence-corrected chi connectivity index (χ0v) is 8.80. The van der Waals surface area contributed by atoms with Crippen LogP contribution < -0.4 is 0 Å². The molecule has 0 aliphatic rings. The van der Waals surface area contributed by atoms with Crippen LogP contribution in [0, 0.1) is 11.3 Å². The molecule has 0 fully saturated rings. The lowest BCUT2D eigenvalue weighted by Crippen LogP contribution is -1.94. The van der Waals surface area contributed by atoms with Gasteiger partial charge in [-0.3, -0.25) is 0 Å². The van der Waals surface area contributed by atoms with Gasteiger partial charge in [-0.05, 0) is 29.3 Å². The Bertz CT molecular complexity index is 458. The third kappa shape index (κ3) is 3.14. The number of hydrogen-bond donors (Lipinski definition) is 1. The zero-order chi connectivity index (χ0) is 12.0. The fraction of sp³-hybridized carbons (Fsp3) is 0.167. The lowest BCUT2D eigenvalue weighted by molar-refractivity contribution is -0.134. The Kier molecular flexibility index (Phi) is 4.10. The van der Waals surface area contributed by atoms with Crippen LogP contribution in [0.2, 0.25) is 0 Å². The van der Waals surface area contributed by atoms with E-state index in [1.807, 2.05) is 6.07 Å². The number of benzene rings is 1. The first-order chi connectivity index (χ1) is 7.67. The molecule has 0 saturated carbocycles. The maximum Gasteiger partial charge on any atom is 0.330 e. The average Bonchev–Trinajstić information content (AvgIpc) is 2.28. The second-order valence-electron chi connectivity index (χ2n) is 3.07. The molecule has 0 amide bonds. The Balaban J connectivity index is 2.99. The molecule has 0 bridgehead atoms. The third-order valence-electron chi connectivity index (χ3n) is 2.00. The second-order valence-corrected chi connectivity index (χ2v) is 3.07. The van der Waals surface area contributed by atoms with Crippen molar-refractivity contribution in [2.75, 3.05) is 7.11 Å². The first-order valence-corrected chi connectivity index (χ1v) is 4.62. The van der Waals surface area contributed by atoms with Crippen LogP contribution in [-0.2, 0) is 16.0 Å². The SMILES string of the molecule is COC(=O)C=Cc1ccc(O)cc1CC#N. The van der Waals surface area contributed by atoms with E-state index < -0.39 is 5.97 Å². The molecule has 0 unspecified atom stereocenters. The lowest BCUT2D eigenvalue weighted by Gasteiger charge is -2.02. The minimum absolute atomic E-state index is 0.0977. The van der Waals surface area contributed by atoms with Crippen LogP contribution in [0.15, 0.2) is 24.3 Å². The summed E-state index contributed by atoms with van der Waals surface area (Å²) in [4.78, 5) is 10.9. The van der Waals surface area contributed by atoms with Crippen molar-refractivity contribution in [3.63, 3.8) is 0 Å². The Morgan fingerprint density at radius 2 is 2.38 bits per heavy atom. The Morgan fingerprint density at radius 1 is 1.62 bits per heavy atom. The highest BCUT2D eigenvalue weighted by atomic mass is 16.5. The van der Waals surface area contributed by atoms with Gasteiger partial charge in [-0.1, -0.05) is 6.07 Å². The minimum Gasteiger partial charge on any atom is -0.508 e. The number of ether oxygens (including phenoxy) is 1. The summed E-state index contributed by atoms with van der Waals surface area (Å²) < 4.78 is 4.46. The summed E-state index contributed by atoms with van der Waals surface area (Å²) in [6.45, 7) is 0. The van der Waals surface area contributed by atoms with Crippen LogP contribution in [0.5, 0.6) is 5.75 Å². The van der Waals surface area contributed by atoms with Gasteiger partial charge in [-0.15, -0.1) is 0 Å². The molecule has 82 valence electrons. The Morgan fingerprint density at radius 3 is 3.00 bits per heavy atom. The first kappa shape index (κ1) is 11.8. The van der Waals surface area contributed by atoms with E-state index in [9.17, 15) is 9.90 Å². The van der Waals surface area contributed by atoms with Crippen LogP contribution in [0.25, 0.3) is 6.08 Å². The number of nitrogens with zero attached hydrogens (tertiary/aromatic N) is 1. The van der Waals surface area contributed by atoms with Gasteiger partial charge in [0.05, 0.1) is 19.6 Å². The Labute approximate surface area is 93.4 Å². The molecule has 0 aromatic heterocycles. The number of esters is 1. The number of nitriles is 1. The van der Waals surface area contributed by atoms with Gasteiger partial charge >= 0.3 is 5.97 Å². The van der Waals surface area contributed by atoms with Crippen molar-refractivity contribution < 1.29 is 14.6 Å². The van der Waals surface area contributed by atoms with Crippen molar-refractivity contribution in [1.29, 1.82) is 5.26 Å². The lowest BCUT2D eigenvalue weighted by atomic mass is 10.0. The highest BCUT2D eigenvalue weighted by Gasteiger charge is 2.01. The molecule has 0 saturated heterocycles. The summed E-state index contributed by atoms with van der Waals surface area (Å²) in [5.74, 6) is -0.364. The molecular weight excluding hydrogens is 206 g/mol. The second kappa shape index (κ2) is 5.56. The quantitative estimate of drug-likeness (QED) is 0.617. The summed E-state index contributed by atoms with van der Waals surface area (Å²) in [6, 6.07) is 6.63. The summed E-state index contributed by atoms with van der Waals surface area (Å²) in [7, 11) is 1.29. The van der Waals surface area contributed by atoms with Crippen LogP contribution >= 0.6 is 0 Å². The standard InChI is InChI=1S/C12H11NO3/c1-16-12(15)5-3-9-2-4-11(14)8-10(9)6-7-13/h2-5,8,14H,6H2,1H3. The van der Waals surface area contributed by atoms with E-state index in [0.29, 0.717) is 11.1 Å². The number of hydrogen-bond acceptors (Lipinski definition) is 4. The normalized spacial score (nSPS) is 10.0. The first-order valence-electron chi connectivity index (χ1n) is 4.62. The molecule has 0 radical (unpaired) electrons. The molecule has 1 aromatic rings. The summed E-state index contributed by atoms with van der Waals surface area (Å²) in [6.07, 6.45) is 3.00. The summed E-state index contributed by atoms with van der Waals surface area (Å²) >= 11 is 0. The molecule has 1 aromatic carbocycles. The molecule has 0 heterocycles. The average molecular weight is 217 g/mol. The highest BCUT2D eigenvalue weighted by molar-refractivity contribution is 5.87. The molecule has 0 aliphatic carbocycles. The number of phenolic OH excluding ortho intramolecular Hbond substituents is 1. The maximum absolute atomic E-state index is 10.9. The van der Waals surface area contributed by atoms with Gasteiger partial charge < -0.3 is 9.84 Å². The minimum atomic E-state index is -0.462. The van der Waals surface area contributed by atoms with Gasteiger partial charge in [0.1, 0.15) is 5.75 Å². The molecule has 0 aliphatic heterocycles. The predicted octanol–water partition coefficient (Wildman–Crippen LogP) is 1.64. The Hall–Kier alpha value is -2.28. The molecule has 4 heteroatoms. The third-order valence-corrected chi connectivity index (χ3v) is 2.00. The predicted molar refractivity (Wildman–Crippen MR) is 58.5 cm³/mol. The van der Waals surface area contributed by atoms with E-state index in [1.54, 1.807) is 12.1 Å². The molecular formula is C12H11NO3. The zero-order valence-electron chi connectivity index (χ0n) is 8.80. The maximum atomic E-state index is 10.9. The van der Waals surface area contributed by atoms with E-state index in [1.165, 1.54) is 25.3 Å². The molecule has 0 spiro atoms. The topological polar surface area (TPSA) is 70.3 Å². The van der Waals surface area contributed by atoms with Crippen LogP contribution in [-0.4, -0.2) is 18.2 Å². The smallest absolute Gasteiger partial charge is 0.330 e. The number of carbonyl (C=O) groups is 1. The van der Waals surface area contributed by atoms with Crippen LogP contribution in [0.3, 0.4) is 0 Å². The number of aromatic hydroxyl groups is 1. The number of carbonyl (C=O) groups excluding carboxylic acids is 1. The highest BCUT2D eigenvalue weighted by Crippen LogP contribution is 2.18. The van der Waals surface area contributed by atoms with Crippen molar-refractivity contribution in [1.82, 2.24) is 0 Å². The molecule has 1 N–H and O–H groups in total. The number of phenols is 1.